The zero-order valence-electron chi connectivity index (χ0n) is 30.9. The second-order valence-corrected chi connectivity index (χ2v) is 16.4. The Morgan fingerprint density at radius 3 is 1.57 bits per heavy atom. The fourth-order valence-corrected chi connectivity index (χ4v) is 10.1. The third-order valence-electron chi connectivity index (χ3n) is 13.2. The summed E-state index contributed by atoms with van der Waals surface area (Å²) in [5, 5.41) is 13.2. The molecule has 7 aromatic carbocycles. The van der Waals surface area contributed by atoms with Gasteiger partial charge in [0.1, 0.15) is 11.2 Å². The molecule has 1 heterocycles. The molecule has 0 fully saturated rings. The Kier molecular flexibility index (Phi) is 6.32. The van der Waals surface area contributed by atoms with Gasteiger partial charge < -0.3 is 14.2 Å². The summed E-state index contributed by atoms with van der Waals surface area (Å²) in [5.41, 5.74) is 15.2. The molecule has 0 radical (unpaired) electrons. The van der Waals surface area contributed by atoms with Crippen LogP contribution in [0, 0.1) is 0 Å². The van der Waals surface area contributed by atoms with Gasteiger partial charge in [0, 0.05) is 16.3 Å². The summed E-state index contributed by atoms with van der Waals surface area (Å²) in [5.74, 6) is 0. The van der Waals surface area contributed by atoms with Gasteiger partial charge in [-0.05, 0) is 95.0 Å². The van der Waals surface area contributed by atoms with Crippen LogP contribution >= 0.6 is 0 Å². The highest BCUT2D eigenvalue weighted by Gasteiger charge is 2.59. The first-order chi connectivity index (χ1) is 26.2. The van der Waals surface area contributed by atoms with Gasteiger partial charge in [-0.1, -0.05) is 151 Å². The molecule has 3 nitrogen and oxygen atoms in total. The van der Waals surface area contributed by atoms with Gasteiger partial charge in [-0.3, -0.25) is 0 Å². The molecule has 1 aromatic heterocycles. The summed E-state index contributed by atoms with van der Waals surface area (Å²) in [7, 11) is 0.368. The van der Waals surface area contributed by atoms with Gasteiger partial charge in [0.05, 0.1) is 22.0 Å². The third-order valence-corrected chi connectivity index (χ3v) is 13.2. The van der Waals surface area contributed by atoms with Crippen LogP contribution in [0.3, 0.4) is 0 Å². The molecule has 0 atom stereocenters. The van der Waals surface area contributed by atoms with Crippen LogP contribution in [-0.2, 0) is 15.5 Å². The van der Waals surface area contributed by atoms with E-state index < -0.39 is 22.0 Å². The third kappa shape index (κ3) is 3.80. The van der Waals surface area contributed by atoms with Gasteiger partial charge in [-0.25, -0.2) is 0 Å². The molecule has 0 saturated heterocycles. The highest BCUT2D eigenvalue weighted by atomic mass is 16.5. The predicted octanol–water partition coefficient (Wildman–Crippen LogP) is 10.2. The Bertz CT molecular complexity index is 2770. The molecule has 54 heavy (non-hydrogen) atoms. The Balaban J connectivity index is 1.26. The second kappa shape index (κ2) is 10.7. The lowest BCUT2D eigenvalue weighted by Crippen LogP contribution is -2.49. The van der Waals surface area contributed by atoms with Crippen LogP contribution < -0.4 is 5.46 Å². The maximum absolute atomic E-state index is 10.9. The maximum Gasteiger partial charge on any atom is 0.309 e. The zero-order valence-corrected chi connectivity index (χ0v) is 30.9. The summed E-state index contributed by atoms with van der Waals surface area (Å²) in [6, 6.07) is 56.3. The van der Waals surface area contributed by atoms with Crippen molar-refractivity contribution >= 4 is 34.9 Å². The van der Waals surface area contributed by atoms with Crippen LogP contribution in [0.15, 0.2) is 156 Å². The maximum atomic E-state index is 10.9. The van der Waals surface area contributed by atoms with E-state index in [-0.39, 0.29) is 0 Å². The van der Waals surface area contributed by atoms with E-state index >= 15 is 0 Å². The Morgan fingerprint density at radius 1 is 0.500 bits per heavy atom. The van der Waals surface area contributed by atoms with Crippen molar-refractivity contribution in [3.8, 4) is 22.3 Å². The van der Waals surface area contributed by atoms with Crippen LogP contribution in [0.2, 0.25) is 0 Å². The largest absolute Gasteiger partial charge is 0.455 e. The molecule has 3 aliphatic carbocycles. The molecule has 4 heteroatoms. The number of rotatable bonds is 4. The molecule has 0 unspecified atom stereocenters. The van der Waals surface area contributed by atoms with Crippen LogP contribution in [-0.4, -0.2) is 23.8 Å². The minimum absolute atomic E-state index is 0.368. The van der Waals surface area contributed by atoms with Gasteiger partial charge >= 0.3 is 7.48 Å². The first-order valence-electron chi connectivity index (χ1n) is 19.0. The summed E-state index contributed by atoms with van der Waals surface area (Å²) < 4.78 is 13.4. The number of hydrogen-bond donors (Lipinski definition) is 1. The molecule has 0 amide bonds. The fraction of sp³-hybridized carbons (Fsp3) is 0.160. The number of fused-ring (bicyclic) bond motifs is 20. The number of hydrogen-bond acceptors (Lipinski definition) is 3. The Morgan fingerprint density at radius 2 is 0.981 bits per heavy atom. The zero-order chi connectivity index (χ0) is 36.6. The molecule has 1 N–H and O–H groups in total. The summed E-state index contributed by atoms with van der Waals surface area (Å²) in [4.78, 5) is 0. The van der Waals surface area contributed by atoms with Crippen molar-refractivity contribution in [2.45, 2.75) is 49.7 Å². The van der Waals surface area contributed by atoms with Gasteiger partial charge in [0.2, 0.25) is 0 Å². The van der Waals surface area contributed by atoms with Crippen LogP contribution in [0.1, 0.15) is 72.2 Å². The minimum Gasteiger partial charge on any atom is -0.455 e. The average Bonchev–Trinajstić information content (AvgIpc) is 3.81. The van der Waals surface area contributed by atoms with Gasteiger partial charge in [0.15, 0.2) is 0 Å². The summed E-state index contributed by atoms with van der Waals surface area (Å²) in [6.45, 7) is 7.51. The molecule has 2 spiro atoms. The lowest BCUT2D eigenvalue weighted by atomic mass is 9.52. The summed E-state index contributed by atoms with van der Waals surface area (Å²) >= 11 is 0. The van der Waals surface area contributed by atoms with Crippen LogP contribution in [0.25, 0.3) is 44.2 Å². The van der Waals surface area contributed by atoms with Gasteiger partial charge in [0.25, 0.3) is 0 Å². The van der Waals surface area contributed by atoms with Crippen molar-refractivity contribution in [1.82, 2.24) is 0 Å². The molecule has 260 valence electrons. The molecule has 0 saturated carbocycles. The lowest BCUT2D eigenvalue weighted by molar-refractivity contribution is -0.0893. The van der Waals surface area contributed by atoms with E-state index in [1.807, 2.05) is 19.9 Å². The van der Waals surface area contributed by atoms with Crippen molar-refractivity contribution in [2.24, 2.45) is 0 Å². The van der Waals surface area contributed by atoms with E-state index in [4.69, 9.17) is 9.07 Å². The fourth-order valence-electron chi connectivity index (χ4n) is 10.1. The Hall–Kier alpha value is -5.68. The number of aliphatic hydroxyl groups is 1. The summed E-state index contributed by atoms with van der Waals surface area (Å²) in [6.07, 6.45) is 0. The highest BCUT2D eigenvalue weighted by Crippen LogP contribution is 2.67. The minimum atomic E-state index is -1.01. The molecule has 0 aliphatic heterocycles. The molecule has 11 rings (SSSR count). The van der Waals surface area contributed by atoms with E-state index in [9.17, 15) is 5.11 Å². The number of para-hydroxylation sites is 1. The van der Waals surface area contributed by atoms with Crippen LogP contribution in [0.4, 0.5) is 0 Å². The number of furan rings is 1. The SMILES string of the molecule is CC(C)(O)C(C)(C)OBc1ccc2c(c1)-c1c(ccc3c1oc1ccccc13)C21c2ccccc2C2(c3ccccc3-c3ccccc32)c2ccccc21. The van der Waals surface area contributed by atoms with Crippen molar-refractivity contribution < 1.29 is 14.2 Å². The van der Waals surface area contributed by atoms with Crippen molar-refractivity contribution in [1.29, 1.82) is 0 Å². The van der Waals surface area contributed by atoms with Crippen molar-refractivity contribution in [3.05, 3.63) is 196 Å². The van der Waals surface area contributed by atoms with E-state index in [2.05, 4.69) is 146 Å². The topological polar surface area (TPSA) is 42.6 Å². The van der Waals surface area contributed by atoms with Crippen molar-refractivity contribution in [2.75, 3.05) is 0 Å². The molecular weight excluding hydrogens is 659 g/mol. The normalized spacial score (nSPS) is 15.5. The molecule has 0 bridgehead atoms. The molecule has 8 aromatic rings. The first-order valence-corrected chi connectivity index (χ1v) is 19.0. The smallest absolute Gasteiger partial charge is 0.309 e. The number of benzene rings is 7. The predicted molar refractivity (Wildman–Crippen MR) is 220 cm³/mol. The first kappa shape index (κ1) is 31.8. The molecule has 3 aliphatic rings. The Labute approximate surface area is 316 Å². The molecular formula is C50H39BO3. The standard InChI is InChI=1S/C50H39BO3/c1-47(2,52)48(3,4)54-51-30-25-27-38-35(29-30)45-43(28-26-34-33-17-7-14-24-44(33)53-46(34)45)50(38)41-22-12-10-20-39(41)49(40-21-11-13-23-42(40)50)36-18-8-5-15-31(36)32-16-6-9-19-37(32)49/h5-29,51-52H,1-4H3. The van der Waals surface area contributed by atoms with Crippen LogP contribution in [0.5, 0.6) is 0 Å². The van der Waals surface area contributed by atoms with E-state index in [0.717, 1.165) is 38.5 Å². The monoisotopic (exact) mass is 698 g/mol. The van der Waals surface area contributed by atoms with E-state index in [1.54, 1.807) is 13.8 Å². The average molecular weight is 699 g/mol. The van der Waals surface area contributed by atoms with Gasteiger partial charge in [-0.15, -0.1) is 0 Å². The second-order valence-electron chi connectivity index (χ2n) is 16.4. The van der Waals surface area contributed by atoms with E-state index in [0.29, 0.717) is 7.48 Å². The van der Waals surface area contributed by atoms with E-state index in [1.165, 1.54) is 55.6 Å². The quantitative estimate of drug-likeness (QED) is 0.186. The van der Waals surface area contributed by atoms with Gasteiger partial charge in [-0.2, -0.15) is 0 Å². The lowest BCUT2D eigenvalue weighted by Gasteiger charge is -2.48. The van der Waals surface area contributed by atoms with Crippen molar-refractivity contribution in [3.63, 3.8) is 0 Å². The highest BCUT2D eigenvalue weighted by molar-refractivity contribution is 6.47.